The van der Waals surface area contributed by atoms with Gasteiger partial charge in [0.25, 0.3) is 5.56 Å². The number of hydrogen-bond donors (Lipinski definition) is 4. The minimum absolute atomic E-state index is 0.0830. The highest BCUT2D eigenvalue weighted by Crippen LogP contribution is 2.27. The maximum Gasteiger partial charge on any atom is 0.330 e. The molecule has 1 aliphatic rings. The van der Waals surface area contributed by atoms with Crippen LogP contribution in [0.1, 0.15) is 24.5 Å². The maximum atomic E-state index is 11.8. The Morgan fingerprint density at radius 3 is 2.85 bits per heavy atom. The van der Waals surface area contributed by atoms with Crippen molar-refractivity contribution in [1.29, 1.82) is 0 Å². The van der Waals surface area contributed by atoms with Crippen LogP contribution in [-0.4, -0.2) is 50.8 Å². The Morgan fingerprint density at radius 2 is 2.30 bits per heavy atom. The van der Waals surface area contributed by atoms with E-state index in [1.807, 2.05) is 4.98 Å². The summed E-state index contributed by atoms with van der Waals surface area (Å²) in [4.78, 5) is 25.3. The van der Waals surface area contributed by atoms with Crippen molar-refractivity contribution in [3.8, 4) is 0 Å². The zero-order chi connectivity index (χ0) is 14.9. The molecule has 2 heterocycles. The number of aromatic amines is 1. The zero-order valence-electron chi connectivity index (χ0n) is 10.7. The van der Waals surface area contributed by atoms with Gasteiger partial charge < -0.3 is 24.8 Å². The molecule has 1 aromatic rings. The van der Waals surface area contributed by atoms with Gasteiger partial charge in [-0.25, -0.2) is 4.79 Å². The van der Waals surface area contributed by atoms with Crippen LogP contribution in [0.2, 0.25) is 0 Å². The van der Waals surface area contributed by atoms with Crippen molar-refractivity contribution in [1.82, 2.24) is 9.55 Å². The van der Waals surface area contributed by atoms with E-state index in [-0.39, 0.29) is 18.6 Å². The van der Waals surface area contributed by atoms with Crippen LogP contribution in [0, 0.1) is 0 Å². The first-order valence-electron chi connectivity index (χ1n) is 5.98. The molecule has 4 N–H and O–H groups in total. The van der Waals surface area contributed by atoms with Gasteiger partial charge in [-0.15, -0.1) is 0 Å². The quantitative estimate of drug-likeness (QED) is 0.462. The molecule has 1 saturated heterocycles. The highest BCUT2D eigenvalue weighted by molar-refractivity contribution is 5.06. The second kappa shape index (κ2) is 5.85. The molecular formula is C11H16N2O7. The molecule has 0 bridgehead atoms. The van der Waals surface area contributed by atoms with Crippen molar-refractivity contribution in [3.05, 3.63) is 32.6 Å². The Bertz CT molecular complexity index is 581. The molecule has 1 fully saturated rings. The number of nitrogens with zero attached hydrogens (tertiary/aromatic N) is 1. The molecule has 1 aromatic heterocycles. The average Bonchev–Trinajstić information content (AvgIpc) is 2.79. The number of hydrogen-bond acceptors (Lipinski definition) is 7. The van der Waals surface area contributed by atoms with Gasteiger partial charge in [0.1, 0.15) is 12.3 Å². The van der Waals surface area contributed by atoms with Crippen LogP contribution in [-0.2, 0) is 9.47 Å². The molecule has 0 spiro atoms. The Balaban J connectivity index is 2.38. The van der Waals surface area contributed by atoms with E-state index in [0.717, 1.165) is 10.8 Å². The van der Waals surface area contributed by atoms with E-state index in [4.69, 9.17) is 9.84 Å². The van der Waals surface area contributed by atoms with Gasteiger partial charge in [0.05, 0.1) is 18.3 Å². The second-order valence-corrected chi connectivity index (χ2v) is 4.45. The van der Waals surface area contributed by atoms with Crippen molar-refractivity contribution in [2.75, 3.05) is 13.7 Å². The first-order chi connectivity index (χ1) is 9.47. The van der Waals surface area contributed by atoms with Gasteiger partial charge in [0.15, 0.2) is 6.29 Å². The minimum atomic E-state index is -1.48. The number of nitrogens with one attached hydrogen (secondary N) is 1. The Hall–Kier alpha value is -1.52. The third-order valence-electron chi connectivity index (χ3n) is 3.18. The standard InChI is InChI=1S/C11H16N2O7/c1-19-10(17)5-3-13(11(18)12-9(5)16)8-2-6(15)7(4-14)20-8/h3,6-8,10,14-15,17H,2,4H2,1H3,(H,12,16,18)/t6-,7+,8+,10-/m0/s1. The molecule has 0 aliphatic carbocycles. The first-order valence-corrected chi connectivity index (χ1v) is 5.98. The number of aromatic nitrogens is 2. The Labute approximate surface area is 113 Å². The lowest BCUT2D eigenvalue weighted by Crippen LogP contribution is -2.35. The van der Waals surface area contributed by atoms with Crippen molar-refractivity contribution < 1.29 is 24.8 Å². The summed E-state index contributed by atoms with van der Waals surface area (Å²) < 4.78 is 11.0. The van der Waals surface area contributed by atoms with Gasteiger partial charge in [-0.1, -0.05) is 0 Å². The SMILES string of the molecule is CO[C@H](O)c1cn([C@H]2C[C@H](O)[C@@H](CO)O2)c(=O)[nH]c1=O. The van der Waals surface area contributed by atoms with E-state index in [1.165, 1.54) is 7.11 Å². The summed E-state index contributed by atoms with van der Waals surface area (Å²) in [6.07, 6.45) is -2.83. The summed E-state index contributed by atoms with van der Waals surface area (Å²) in [6.45, 7) is -0.386. The van der Waals surface area contributed by atoms with Crippen molar-refractivity contribution in [2.24, 2.45) is 0 Å². The van der Waals surface area contributed by atoms with Crippen LogP contribution in [0.5, 0.6) is 0 Å². The van der Waals surface area contributed by atoms with Gasteiger partial charge >= 0.3 is 5.69 Å². The maximum absolute atomic E-state index is 11.8. The molecule has 4 atom stereocenters. The van der Waals surface area contributed by atoms with Crippen molar-refractivity contribution in [2.45, 2.75) is 31.1 Å². The minimum Gasteiger partial charge on any atom is -0.394 e. The molecule has 20 heavy (non-hydrogen) atoms. The average molecular weight is 288 g/mol. The topological polar surface area (TPSA) is 134 Å². The summed E-state index contributed by atoms with van der Waals surface area (Å²) >= 11 is 0. The molecular weight excluding hydrogens is 272 g/mol. The van der Waals surface area contributed by atoms with Gasteiger partial charge in [-0.2, -0.15) is 0 Å². The van der Waals surface area contributed by atoms with Crippen molar-refractivity contribution >= 4 is 0 Å². The normalized spacial score (nSPS) is 27.7. The smallest absolute Gasteiger partial charge is 0.330 e. The molecule has 1 aliphatic heterocycles. The third kappa shape index (κ3) is 2.67. The fourth-order valence-corrected chi connectivity index (χ4v) is 2.07. The highest BCUT2D eigenvalue weighted by atomic mass is 16.6. The highest BCUT2D eigenvalue weighted by Gasteiger charge is 2.35. The van der Waals surface area contributed by atoms with E-state index in [1.54, 1.807) is 0 Å². The molecule has 2 rings (SSSR count). The van der Waals surface area contributed by atoms with E-state index in [9.17, 15) is 19.8 Å². The van der Waals surface area contributed by atoms with E-state index >= 15 is 0 Å². The van der Waals surface area contributed by atoms with Crippen LogP contribution in [0.4, 0.5) is 0 Å². The summed E-state index contributed by atoms with van der Waals surface area (Å²) in [5.74, 6) is 0. The van der Waals surface area contributed by atoms with Crippen LogP contribution < -0.4 is 11.2 Å². The predicted molar refractivity (Wildman–Crippen MR) is 64.9 cm³/mol. The molecule has 0 unspecified atom stereocenters. The zero-order valence-corrected chi connectivity index (χ0v) is 10.7. The number of methoxy groups -OCH3 is 1. The van der Waals surface area contributed by atoms with Gasteiger partial charge in [-0.3, -0.25) is 14.3 Å². The van der Waals surface area contributed by atoms with Gasteiger partial charge in [0, 0.05) is 19.7 Å². The van der Waals surface area contributed by atoms with Crippen LogP contribution in [0.3, 0.4) is 0 Å². The monoisotopic (exact) mass is 288 g/mol. The fraction of sp³-hybridized carbons (Fsp3) is 0.636. The summed E-state index contributed by atoms with van der Waals surface area (Å²) in [6, 6.07) is 0. The Kier molecular flexibility index (Phi) is 4.35. The predicted octanol–water partition coefficient (Wildman–Crippen LogP) is -2.19. The Morgan fingerprint density at radius 1 is 1.60 bits per heavy atom. The molecule has 9 nitrogen and oxygen atoms in total. The van der Waals surface area contributed by atoms with E-state index in [2.05, 4.69) is 4.74 Å². The van der Waals surface area contributed by atoms with Crippen LogP contribution >= 0.6 is 0 Å². The molecule has 9 heteroatoms. The summed E-state index contributed by atoms with van der Waals surface area (Å²) in [5, 5.41) is 28.2. The number of aliphatic hydroxyl groups excluding tert-OH is 3. The lowest BCUT2D eigenvalue weighted by Gasteiger charge is -2.16. The summed E-state index contributed by atoms with van der Waals surface area (Å²) in [5.41, 5.74) is -1.66. The third-order valence-corrected chi connectivity index (χ3v) is 3.18. The molecule has 0 aromatic carbocycles. The van der Waals surface area contributed by atoms with E-state index in [0.29, 0.717) is 0 Å². The second-order valence-electron chi connectivity index (χ2n) is 4.45. The lowest BCUT2D eigenvalue weighted by atomic mass is 10.2. The molecule has 0 amide bonds. The molecule has 0 radical (unpaired) electrons. The van der Waals surface area contributed by atoms with Gasteiger partial charge in [0.2, 0.25) is 0 Å². The van der Waals surface area contributed by atoms with Crippen LogP contribution in [0.15, 0.2) is 15.8 Å². The fourth-order valence-electron chi connectivity index (χ4n) is 2.07. The molecule has 112 valence electrons. The first kappa shape index (κ1) is 14.9. The van der Waals surface area contributed by atoms with E-state index < -0.39 is 36.0 Å². The van der Waals surface area contributed by atoms with Gasteiger partial charge in [-0.05, 0) is 0 Å². The lowest BCUT2D eigenvalue weighted by molar-refractivity contribution is -0.0796. The number of rotatable bonds is 4. The number of H-pyrrole nitrogens is 1. The van der Waals surface area contributed by atoms with Crippen LogP contribution in [0.25, 0.3) is 0 Å². The van der Waals surface area contributed by atoms with Crippen molar-refractivity contribution in [3.63, 3.8) is 0 Å². The number of ether oxygens (including phenoxy) is 2. The largest absolute Gasteiger partial charge is 0.394 e. The molecule has 0 saturated carbocycles. The number of aliphatic hydroxyl groups is 3. The summed E-state index contributed by atoms with van der Waals surface area (Å²) in [7, 11) is 1.21.